The van der Waals surface area contributed by atoms with E-state index in [0.717, 1.165) is 51.9 Å². The summed E-state index contributed by atoms with van der Waals surface area (Å²) >= 11 is 2.39. The molecule has 1 aliphatic carbocycles. The fraction of sp³-hybridized carbons (Fsp3) is 0.424. The summed E-state index contributed by atoms with van der Waals surface area (Å²) in [6.45, 7) is 6.30. The van der Waals surface area contributed by atoms with E-state index in [4.69, 9.17) is 9.47 Å². The number of benzene rings is 2. The van der Waals surface area contributed by atoms with Crippen LogP contribution in [0, 0.1) is 5.41 Å². The fourth-order valence-electron chi connectivity index (χ4n) is 6.20. The second-order valence-corrected chi connectivity index (χ2v) is 11.8. The van der Waals surface area contributed by atoms with Gasteiger partial charge in [-0.05, 0) is 41.2 Å². The number of ether oxygens (including phenoxy) is 2. The maximum Gasteiger partial charge on any atom is 0.323 e. The van der Waals surface area contributed by atoms with Crippen molar-refractivity contribution in [3.63, 3.8) is 0 Å². The minimum Gasteiger partial charge on any atom is -0.468 e. The van der Waals surface area contributed by atoms with Crippen molar-refractivity contribution in [2.24, 2.45) is 5.41 Å². The number of halogens is 1. The Kier molecular flexibility index (Phi) is 10.4. The van der Waals surface area contributed by atoms with E-state index < -0.39 is 17.4 Å². The van der Waals surface area contributed by atoms with Crippen LogP contribution in [0.15, 0.2) is 83.1 Å². The number of rotatable bonds is 10. The summed E-state index contributed by atoms with van der Waals surface area (Å²) < 4.78 is 11.2. The van der Waals surface area contributed by atoms with Crippen molar-refractivity contribution in [2.45, 2.75) is 39.2 Å². The largest absolute Gasteiger partial charge is 0.468 e. The van der Waals surface area contributed by atoms with Crippen LogP contribution in [0.2, 0.25) is 0 Å². The molecule has 0 aromatic heterocycles. The summed E-state index contributed by atoms with van der Waals surface area (Å²) in [4.78, 5) is 45.0. The van der Waals surface area contributed by atoms with Crippen LogP contribution in [0.1, 0.15) is 50.3 Å². The van der Waals surface area contributed by atoms with Crippen molar-refractivity contribution >= 4 is 40.3 Å². The number of esters is 2. The third-order valence-electron chi connectivity index (χ3n) is 8.22. The first-order valence-electron chi connectivity index (χ1n) is 14.1. The molecule has 1 aliphatic heterocycles. The number of methoxy groups -OCH3 is 2. The Bertz CT molecular complexity index is 1260. The highest BCUT2D eigenvalue weighted by Crippen LogP contribution is 2.50. The Balaban J connectivity index is 1.96. The van der Waals surface area contributed by atoms with Crippen LogP contribution in [0.4, 0.5) is 0 Å². The van der Waals surface area contributed by atoms with Gasteiger partial charge in [-0.15, -0.1) is 0 Å². The van der Waals surface area contributed by atoms with Gasteiger partial charge in [0.2, 0.25) is 0 Å². The molecule has 1 saturated carbocycles. The van der Waals surface area contributed by atoms with Crippen molar-refractivity contribution < 1.29 is 23.9 Å². The van der Waals surface area contributed by atoms with Crippen LogP contribution in [-0.2, 0) is 23.9 Å². The van der Waals surface area contributed by atoms with E-state index in [-0.39, 0.29) is 31.2 Å². The summed E-state index contributed by atoms with van der Waals surface area (Å²) in [6, 6.07) is 20.3. The minimum absolute atomic E-state index is 0.0186. The topological polar surface area (TPSA) is 76.1 Å². The van der Waals surface area contributed by atoms with Gasteiger partial charge in [0, 0.05) is 42.6 Å². The molecule has 0 atom stereocenters. The number of nitrogens with zero attached hydrogens (tertiary/aromatic N) is 2. The van der Waals surface area contributed by atoms with E-state index in [2.05, 4.69) is 63.6 Å². The lowest BCUT2D eigenvalue weighted by Crippen LogP contribution is -2.42. The quantitative estimate of drug-likeness (QED) is 0.143. The Morgan fingerprint density at radius 1 is 0.902 bits per heavy atom. The van der Waals surface area contributed by atoms with Crippen LogP contribution in [0.25, 0.3) is 0 Å². The van der Waals surface area contributed by atoms with Crippen molar-refractivity contribution in [2.75, 3.05) is 44.8 Å². The molecule has 1 heterocycles. The molecule has 0 N–H and O–H groups in total. The van der Waals surface area contributed by atoms with Crippen LogP contribution in [-0.4, -0.2) is 72.3 Å². The van der Waals surface area contributed by atoms with Crippen molar-refractivity contribution in [3.05, 3.63) is 94.2 Å². The summed E-state index contributed by atoms with van der Waals surface area (Å²) in [7, 11) is 2.58. The molecule has 8 heteroatoms. The summed E-state index contributed by atoms with van der Waals surface area (Å²) in [5.74, 6) is -1.28. The zero-order valence-electron chi connectivity index (χ0n) is 24.3. The number of allylic oxidation sites excluding steroid dienone is 2. The molecule has 4 rings (SSSR count). The predicted octanol–water partition coefficient (Wildman–Crippen LogP) is 5.50. The van der Waals surface area contributed by atoms with Gasteiger partial charge >= 0.3 is 11.9 Å². The molecule has 0 spiro atoms. The molecule has 0 amide bonds. The third-order valence-corrected chi connectivity index (χ3v) is 8.70. The van der Waals surface area contributed by atoms with Gasteiger partial charge in [0.25, 0.3) is 0 Å². The van der Waals surface area contributed by atoms with Gasteiger partial charge < -0.3 is 14.4 Å². The van der Waals surface area contributed by atoms with Crippen LogP contribution in [0.5, 0.6) is 0 Å². The molecule has 2 aliphatic rings. The third kappa shape index (κ3) is 6.28. The van der Waals surface area contributed by atoms with Crippen molar-refractivity contribution in [1.82, 2.24) is 9.80 Å². The van der Waals surface area contributed by atoms with E-state index >= 15 is 0 Å². The molecule has 0 bridgehead atoms. The predicted molar refractivity (Wildman–Crippen MR) is 167 cm³/mol. The van der Waals surface area contributed by atoms with Gasteiger partial charge in [0.15, 0.2) is 11.2 Å². The van der Waals surface area contributed by atoms with Gasteiger partial charge in [-0.2, -0.15) is 0 Å². The molecule has 0 saturated heterocycles. The number of fused-ring (bicyclic) bond motifs is 1. The number of alkyl halides is 1. The van der Waals surface area contributed by atoms with E-state index in [9.17, 15) is 14.4 Å². The Morgan fingerprint density at radius 2 is 1.44 bits per heavy atom. The Labute approximate surface area is 256 Å². The summed E-state index contributed by atoms with van der Waals surface area (Å²) in [5.41, 5.74) is 3.97. The lowest BCUT2D eigenvalue weighted by atomic mass is 9.85. The standard InChI is InChI=1S/C33H39IN2O5/c1-5-17-35(18-16-34)28-21-36(30(24-12-8-6-9-13-24)25-14-10-7-11-15-25)22-29(37)23(2)26-19-33(20-27(26)28,31(38)40-3)32(39)41-4/h6-15,30H,5,16-22H2,1-4H3/b26-23-,28-27+. The number of carbonyl (C=O) groups is 3. The fourth-order valence-corrected chi connectivity index (χ4v) is 6.79. The number of ketones is 1. The van der Waals surface area contributed by atoms with Crippen LogP contribution < -0.4 is 0 Å². The first-order valence-corrected chi connectivity index (χ1v) is 15.6. The second-order valence-electron chi connectivity index (χ2n) is 10.7. The van der Waals surface area contributed by atoms with Crippen molar-refractivity contribution in [3.8, 4) is 0 Å². The number of carbonyl (C=O) groups excluding carboxylic acids is 3. The molecule has 0 radical (unpaired) electrons. The SMILES string of the molecule is CCCN(CCI)/C1=C2\CC(C(=O)OC)(C(=O)OC)C\C2=C(/C)C(=O)CN(C(c2ccccc2)c2ccccc2)C1. The van der Waals surface area contributed by atoms with Gasteiger partial charge in [-0.1, -0.05) is 90.2 Å². The molecule has 218 valence electrons. The first kappa shape index (κ1) is 31.0. The highest BCUT2D eigenvalue weighted by Gasteiger charge is 2.55. The van der Waals surface area contributed by atoms with E-state index in [1.807, 2.05) is 43.3 Å². The Morgan fingerprint density at radius 3 is 1.93 bits per heavy atom. The van der Waals surface area contributed by atoms with Gasteiger partial charge in [-0.25, -0.2) is 0 Å². The normalized spacial score (nSPS) is 20.8. The van der Waals surface area contributed by atoms with E-state index in [1.54, 1.807) is 0 Å². The molecule has 7 nitrogen and oxygen atoms in total. The smallest absolute Gasteiger partial charge is 0.323 e. The molecule has 2 aromatic carbocycles. The summed E-state index contributed by atoms with van der Waals surface area (Å²) in [6.07, 6.45) is 1.16. The second kappa shape index (κ2) is 13.8. The van der Waals surface area contributed by atoms with Gasteiger partial charge in [0.05, 0.1) is 26.8 Å². The Hall–Kier alpha value is -2.98. The zero-order valence-corrected chi connectivity index (χ0v) is 26.5. The number of hydrogen-bond acceptors (Lipinski definition) is 7. The summed E-state index contributed by atoms with van der Waals surface area (Å²) in [5, 5.41) is 0. The maximum absolute atomic E-state index is 13.9. The molecule has 2 aromatic rings. The molecular formula is C33H39IN2O5. The molecule has 41 heavy (non-hydrogen) atoms. The zero-order chi connectivity index (χ0) is 29.6. The monoisotopic (exact) mass is 670 g/mol. The lowest BCUT2D eigenvalue weighted by molar-refractivity contribution is -0.168. The lowest BCUT2D eigenvalue weighted by Gasteiger charge is -2.38. The average molecular weight is 671 g/mol. The molecule has 0 unspecified atom stereocenters. The van der Waals surface area contributed by atoms with E-state index in [1.165, 1.54) is 14.2 Å². The highest BCUT2D eigenvalue weighted by atomic mass is 127. The van der Waals surface area contributed by atoms with E-state index in [0.29, 0.717) is 12.1 Å². The first-order chi connectivity index (χ1) is 19.8. The maximum atomic E-state index is 13.9. The van der Waals surface area contributed by atoms with Crippen molar-refractivity contribution in [1.29, 1.82) is 0 Å². The number of hydrogen-bond donors (Lipinski definition) is 0. The average Bonchev–Trinajstić information content (AvgIpc) is 3.40. The van der Waals surface area contributed by atoms with Gasteiger partial charge in [-0.3, -0.25) is 19.3 Å². The van der Waals surface area contributed by atoms with Crippen LogP contribution >= 0.6 is 22.6 Å². The highest BCUT2D eigenvalue weighted by molar-refractivity contribution is 14.1. The minimum atomic E-state index is -1.52. The molecule has 1 fully saturated rings. The molecular weight excluding hydrogens is 631 g/mol. The van der Waals surface area contributed by atoms with Crippen LogP contribution in [0.3, 0.4) is 0 Å². The number of Topliss-reactive ketones (excluding diaryl/α,β-unsaturated/α-hetero) is 1. The van der Waals surface area contributed by atoms with Gasteiger partial charge in [0.1, 0.15) is 0 Å².